The van der Waals surface area contributed by atoms with Crippen LogP contribution in [0.1, 0.15) is 5.69 Å². The third-order valence-corrected chi connectivity index (χ3v) is 3.96. The normalized spacial score (nSPS) is 7.08. The molecule has 8 nitrogen and oxygen atoms in total. The highest BCUT2D eigenvalue weighted by Gasteiger charge is 2.16. The Morgan fingerprint density at radius 3 is 1.50 bits per heavy atom. The highest BCUT2D eigenvalue weighted by molar-refractivity contribution is 5.79. The lowest BCUT2D eigenvalue weighted by atomic mass is 10.2. The number of ether oxygens (including phenoxy) is 2. The largest absolute Gasteiger partial charge is 0.462 e. The van der Waals surface area contributed by atoms with E-state index in [1.165, 1.54) is 6.33 Å². The Morgan fingerprint density at radius 2 is 1.10 bits per heavy atom. The summed E-state index contributed by atoms with van der Waals surface area (Å²) in [5.41, 5.74) is 6.47. The Kier molecular flexibility index (Phi) is 22.3. The molecule has 1 heterocycles. The summed E-state index contributed by atoms with van der Waals surface area (Å²) in [4.78, 5) is 30.2. The minimum Gasteiger partial charge on any atom is -0.462 e. The van der Waals surface area contributed by atoms with Crippen molar-refractivity contribution in [2.75, 3.05) is 19.8 Å². The number of nitrogens with two attached hydrogens (primary N) is 1. The van der Waals surface area contributed by atoms with E-state index < -0.39 is 17.9 Å². The number of carbonyl (C=O) groups is 2. The Labute approximate surface area is 280 Å². The maximum absolute atomic E-state index is 11.8. The van der Waals surface area contributed by atoms with E-state index >= 15 is 0 Å². The fourth-order valence-electron chi connectivity index (χ4n) is 2.18. The number of aromatic amines is 1. The molecule has 0 aliphatic heterocycles. The van der Waals surface area contributed by atoms with Crippen molar-refractivity contribution in [2.45, 2.75) is 12.5 Å². The summed E-state index contributed by atoms with van der Waals surface area (Å²) < 4.78 is 10.1. The second-order valence-electron chi connectivity index (χ2n) is 7.30. The van der Waals surface area contributed by atoms with Crippen molar-refractivity contribution in [1.29, 1.82) is 0 Å². The van der Waals surface area contributed by atoms with E-state index in [1.54, 1.807) is 6.20 Å². The van der Waals surface area contributed by atoms with Gasteiger partial charge in [-0.1, -0.05) is 0 Å². The number of carbonyl (C=O) groups excluding carboxylic acids is 2. The lowest BCUT2D eigenvalue weighted by Crippen LogP contribution is -2.35. The van der Waals surface area contributed by atoms with Crippen LogP contribution in [0.25, 0.3) is 0 Å². The highest BCUT2D eigenvalue weighted by atomic mass is 16.6. The zero-order valence-electron chi connectivity index (χ0n) is 24.8. The van der Waals surface area contributed by atoms with Gasteiger partial charge in [0, 0.05) is 143 Å². The first-order chi connectivity index (χ1) is 23.6. The fourth-order valence-corrected chi connectivity index (χ4v) is 2.18. The van der Waals surface area contributed by atoms with E-state index in [0.29, 0.717) is 5.69 Å². The number of hydrogen-bond donors (Lipinski definition) is 3. The van der Waals surface area contributed by atoms with Crippen LogP contribution in [-0.4, -0.2) is 47.7 Å². The van der Waals surface area contributed by atoms with Gasteiger partial charge in [0.1, 0.15) is 19.3 Å². The van der Waals surface area contributed by atoms with Crippen molar-refractivity contribution in [3.63, 3.8) is 0 Å². The van der Waals surface area contributed by atoms with Gasteiger partial charge in [0.05, 0.1) is 12.9 Å². The van der Waals surface area contributed by atoms with Crippen LogP contribution in [0.4, 0.5) is 0 Å². The molecular weight excluding hydrogens is 600 g/mol. The SMILES string of the molecule is C#CC#CC#CC#CC#CC#CC#CC#CC#CC#CC#CC#CC#CC#CC#CNC(=O)COCCOC(=O)C(N)Cc1cnc[nH]1. The molecule has 0 fully saturated rings. The number of rotatable bonds is 8. The third-order valence-electron chi connectivity index (χ3n) is 3.96. The van der Waals surface area contributed by atoms with E-state index in [0.717, 1.165) is 0 Å². The second-order valence-corrected chi connectivity index (χ2v) is 7.30. The molecule has 1 aromatic heterocycles. The Hall–Kier alpha value is -8.53. The number of esters is 1. The van der Waals surface area contributed by atoms with Gasteiger partial charge in [0.25, 0.3) is 5.91 Å². The standard InChI is InChI=1S/C40H16N4O4/c1-2-3-4-5-6-7-8-9-10-11-12-13-14-15-16-17-18-19-20-21-22-23-24-25-26-27-28-29-30-43-39(45)35-47-31-32-48-40(46)38(41)33-37-34-42-36-44-37/h1,34,36,38H,31-33,35,41H2,(H,42,44)(H,43,45). The fraction of sp³-hybridized carbons (Fsp3) is 0.125. The molecular formula is C40H16N4O4. The number of amides is 1. The summed E-state index contributed by atoms with van der Waals surface area (Å²) in [7, 11) is 0. The highest BCUT2D eigenvalue weighted by Crippen LogP contribution is 1.98. The van der Waals surface area contributed by atoms with E-state index in [9.17, 15) is 9.59 Å². The number of imidazole rings is 1. The molecule has 0 saturated carbocycles. The molecule has 1 unspecified atom stereocenters. The molecule has 1 aromatic rings. The minimum absolute atomic E-state index is 0.00826. The van der Waals surface area contributed by atoms with Crippen LogP contribution in [-0.2, 0) is 25.5 Å². The van der Waals surface area contributed by atoms with E-state index in [1.807, 2.05) is 0 Å². The zero-order chi connectivity index (χ0) is 34.6. The number of terminal acetylenes is 1. The summed E-state index contributed by atoms with van der Waals surface area (Å²) in [6, 6.07) is 1.51. The quantitative estimate of drug-likeness (QED) is 0.143. The smallest absolute Gasteiger partial charge is 0.323 e. The average molecular weight is 617 g/mol. The number of nitrogens with one attached hydrogen (secondary N) is 2. The summed E-state index contributed by atoms with van der Waals surface area (Å²) in [5.74, 6) is 67.4. The van der Waals surface area contributed by atoms with E-state index in [-0.39, 0.29) is 26.2 Å². The van der Waals surface area contributed by atoms with Crippen molar-refractivity contribution in [3.05, 3.63) is 18.2 Å². The second kappa shape index (κ2) is 28.6. The minimum atomic E-state index is -0.838. The Morgan fingerprint density at radius 1 is 0.688 bits per heavy atom. The summed E-state index contributed by atoms with van der Waals surface area (Å²) in [6.07, 6.45) is 8.25. The maximum Gasteiger partial charge on any atom is 0.323 e. The predicted octanol–water partition coefficient (Wildman–Crippen LogP) is -1.41. The van der Waals surface area contributed by atoms with Crippen molar-refractivity contribution in [3.8, 4) is 178 Å². The number of hydrogen-bond acceptors (Lipinski definition) is 6. The monoisotopic (exact) mass is 616 g/mol. The van der Waals surface area contributed by atoms with Gasteiger partial charge >= 0.3 is 5.97 Å². The van der Waals surface area contributed by atoms with Gasteiger partial charge in [-0.25, -0.2) is 4.98 Å². The van der Waals surface area contributed by atoms with Crippen LogP contribution >= 0.6 is 0 Å². The topological polar surface area (TPSA) is 119 Å². The maximum atomic E-state index is 11.8. The molecule has 0 spiro atoms. The molecule has 0 radical (unpaired) electrons. The van der Waals surface area contributed by atoms with Gasteiger partial charge in [-0.3, -0.25) is 14.9 Å². The number of nitrogens with zero attached hydrogens (tertiary/aromatic N) is 1. The number of aromatic nitrogens is 2. The summed E-state index contributed by atoms with van der Waals surface area (Å²) in [6.45, 7) is -0.332. The molecule has 0 aliphatic rings. The first kappa shape index (κ1) is 37.5. The molecule has 220 valence electrons. The third kappa shape index (κ3) is 24.1. The Bertz CT molecular complexity index is 2320. The first-order valence-electron chi connectivity index (χ1n) is 12.8. The van der Waals surface area contributed by atoms with Crippen molar-refractivity contribution in [2.24, 2.45) is 5.73 Å². The van der Waals surface area contributed by atoms with Gasteiger partial charge in [0.2, 0.25) is 0 Å². The zero-order valence-corrected chi connectivity index (χ0v) is 24.8. The molecule has 0 saturated heterocycles. The van der Waals surface area contributed by atoms with Crippen molar-refractivity contribution in [1.82, 2.24) is 15.3 Å². The van der Waals surface area contributed by atoms with Gasteiger partial charge in [-0.2, -0.15) is 0 Å². The molecule has 0 aromatic carbocycles. The van der Waals surface area contributed by atoms with Crippen LogP contribution in [0.15, 0.2) is 12.5 Å². The van der Waals surface area contributed by atoms with Crippen molar-refractivity contribution < 1.29 is 19.1 Å². The molecule has 0 aliphatic carbocycles. The van der Waals surface area contributed by atoms with Gasteiger partial charge in [0.15, 0.2) is 0 Å². The molecule has 4 N–H and O–H groups in total. The van der Waals surface area contributed by atoms with Crippen LogP contribution in [0.5, 0.6) is 0 Å². The van der Waals surface area contributed by atoms with Crippen LogP contribution in [0.3, 0.4) is 0 Å². The molecule has 0 bridgehead atoms. The predicted molar refractivity (Wildman–Crippen MR) is 178 cm³/mol. The lowest BCUT2D eigenvalue weighted by Gasteiger charge is -2.10. The lowest BCUT2D eigenvalue weighted by molar-refractivity contribution is -0.146. The van der Waals surface area contributed by atoms with E-state index in [2.05, 4.69) is 187 Å². The summed E-state index contributed by atoms with van der Waals surface area (Å²) >= 11 is 0. The number of H-pyrrole nitrogens is 1. The van der Waals surface area contributed by atoms with E-state index in [4.69, 9.17) is 21.6 Å². The van der Waals surface area contributed by atoms with Crippen LogP contribution < -0.4 is 11.1 Å². The molecule has 48 heavy (non-hydrogen) atoms. The molecule has 1 atom stereocenters. The summed E-state index contributed by atoms with van der Waals surface area (Å²) in [5, 5.41) is 2.28. The first-order valence-corrected chi connectivity index (χ1v) is 12.8. The molecule has 1 rings (SSSR count). The molecule has 1 amide bonds. The van der Waals surface area contributed by atoms with Gasteiger partial charge < -0.3 is 20.2 Å². The average Bonchev–Trinajstić information content (AvgIpc) is 3.60. The van der Waals surface area contributed by atoms with Gasteiger partial charge in [-0.15, -0.1) is 6.42 Å². The van der Waals surface area contributed by atoms with Gasteiger partial charge in [-0.05, 0) is 47.4 Å². The van der Waals surface area contributed by atoms with Crippen LogP contribution in [0.2, 0.25) is 0 Å². The Balaban J connectivity index is 2.25. The molecule has 8 heteroatoms. The van der Waals surface area contributed by atoms with Crippen molar-refractivity contribution >= 4 is 11.9 Å². The van der Waals surface area contributed by atoms with Crippen LogP contribution in [0, 0.1) is 178 Å².